The highest BCUT2D eigenvalue weighted by Crippen LogP contribution is 2.43. The van der Waals surface area contributed by atoms with Gasteiger partial charge in [-0.1, -0.05) is 0 Å². The number of carboxylic acid groups (broad SMARTS) is 1. The number of hydrogen-bond donors (Lipinski definition) is 1. The fourth-order valence-electron chi connectivity index (χ4n) is 2.59. The number of ether oxygens (including phenoxy) is 2. The smallest absolute Gasteiger partial charge is 0.430 e. The van der Waals surface area contributed by atoms with Crippen LogP contribution in [0.1, 0.15) is 11.1 Å². The van der Waals surface area contributed by atoms with Crippen molar-refractivity contribution in [2.75, 3.05) is 0 Å². The van der Waals surface area contributed by atoms with Gasteiger partial charge >= 0.3 is 12.1 Å². The maximum Gasteiger partial charge on any atom is 0.430 e. The van der Waals surface area contributed by atoms with E-state index in [1.165, 1.54) is 31.2 Å². The van der Waals surface area contributed by atoms with E-state index in [-0.39, 0.29) is 28.4 Å². The second-order valence-electron chi connectivity index (χ2n) is 5.73. The number of alkyl halides is 3. The van der Waals surface area contributed by atoms with Gasteiger partial charge in [-0.15, -0.1) is 0 Å². The SMILES string of the molecule is Cc1c(Oc2cc(F)ccc2Br)ccc2c1OC(C(F)(F)F)C(C(=O)O)=C2. The Bertz CT molecular complexity index is 953. The Labute approximate surface area is 159 Å². The predicted octanol–water partition coefficient (Wildman–Crippen LogP) is 5.48. The first-order valence-corrected chi connectivity index (χ1v) is 8.32. The Hall–Kier alpha value is -2.55. The number of fused-ring (bicyclic) bond motifs is 1. The zero-order chi connectivity index (χ0) is 19.9. The van der Waals surface area contributed by atoms with Gasteiger partial charge in [0.05, 0.1) is 10.0 Å². The highest BCUT2D eigenvalue weighted by Gasteiger charge is 2.48. The van der Waals surface area contributed by atoms with Gasteiger partial charge in [-0.25, -0.2) is 9.18 Å². The molecule has 0 saturated heterocycles. The quantitative estimate of drug-likeness (QED) is 0.634. The molecule has 1 heterocycles. The van der Waals surface area contributed by atoms with Crippen LogP contribution in [0.3, 0.4) is 0 Å². The molecule has 142 valence electrons. The van der Waals surface area contributed by atoms with Crippen LogP contribution in [0, 0.1) is 12.7 Å². The third-order valence-electron chi connectivity index (χ3n) is 3.87. The summed E-state index contributed by atoms with van der Waals surface area (Å²) in [6.07, 6.45) is -6.58. The van der Waals surface area contributed by atoms with E-state index in [9.17, 15) is 22.4 Å². The Morgan fingerprint density at radius 3 is 2.56 bits per heavy atom. The molecule has 3 rings (SSSR count). The molecule has 0 amide bonds. The first-order valence-electron chi connectivity index (χ1n) is 7.52. The normalized spacial score (nSPS) is 16.2. The van der Waals surface area contributed by atoms with Crippen LogP contribution in [0.15, 0.2) is 40.4 Å². The average Bonchev–Trinajstić information content (AvgIpc) is 2.58. The van der Waals surface area contributed by atoms with Gasteiger partial charge in [-0.05, 0) is 53.2 Å². The van der Waals surface area contributed by atoms with Crippen LogP contribution in [0.4, 0.5) is 17.6 Å². The van der Waals surface area contributed by atoms with Crippen molar-refractivity contribution in [2.45, 2.75) is 19.2 Å². The maximum absolute atomic E-state index is 13.4. The summed E-state index contributed by atoms with van der Waals surface area (Å²) < 4.78 is 64.1. The zero-order valence-corrected chi connectivity index (χ0v) is 15.2. The number of carbonyl (C=O) groups is 1. The second kappa shape index (κ2) is 6.88. The molecular weight excluding hydrogens is 436 g/mol. The van der Waals surface area contributed by atoms with E-state index >= 15 is 0 Å². The summed E-state index contributed by atoms with van der Waals surface area (Å²) in [6.45, 7) is 1.47. The molecule has 1 unspecified atom stereocenters. The third-order valence-corrected chi connectivity index (χ3v) is 4.53. The van der Waals surface area contributed by atoms with Crippen LogP contribution in [0.5, 0.6) is 17.2 Å². The lowest BCUT2D eigenvalue weighted by atomic mass is 9.99. The van der Waals surface area contributed by atoms with Crippen molar-refractivity contribution in [1.29, 1.82) is 0 Å². The molecule has 1 N–H and O–H groups in total. The molecule has 4 nitrogen and oxygen atoms in total. The molecule has 0 aromatic heterocycles. The van der Waals surface area contributed by atoms with Crippen molar-refractivity contribution >= 4 is 28.0 Å². The fraction of sp³-hybridized carbons (Fsp3) is 0.167. The summed E-state index contributed by atoms with van der Waals surface area (Å²) in [6, 6.07) is 6.58. The average molecular weight is 447 g/mol. The molecule has 0 aliphatic carbocycles. The first-order chi connectivity index (χ1) is 12.6. The highest BCUT2D eigenvalue weighted by molar-refractivity contribution is 9.10. The standard InChI is InChI=1S/C18H11BrF4O4/c1-8-13(26-14-7-10(20)3-4-12(14)19)5-2-9-6-11(17(24)25)16(18(21,22)23)27-15(8)9/h2-7,16H,1H3,(H,24,25). The molecule has 0 bridgehead atoms. The van der Waals surface area contributed by atoms with Crippen LogP contribution in [-0.4, -0.2) is 23.4 Å². The summed E-state index contributed by atoms with van der Waals surface area (Å²) in [4.78, 5) is 11.2. The highest BCUT2D eigenvalue weighted by atomic mass is 79.9. The molecule has 0 saturated carbocycles. The third kappa shape index (κ3) is 3.78. The van der Waals surface area contributed by atoms with Gasteiger partial charge in [0.2, 0.25) is 6.10 Å². The van der Waals surface area contributed by atoms with Gasteiger partial charge in [0.1, 0.15) is 23.1 Å². The van der Waals surface area contributed by atoms with E-state index in [0.29, 0.717) is 4.47 Å². The monoisotopic (exact) mass is 446 g/mol. The largest absolute Gasteiger partial charge is 0.478 e. The molecule has 1 aliphatic heterocycles. The molecule has 1 aliphatic rings. The van der Waals surface area contributed by atoms with E-state index < -0.39 is 29.6 Å². The van der Waals surface area contributed by atoms with Crippen molar-refractivity contribution < 1.29 is 36.9 Å². The van der Waals surface area contributed by atoms with Crippen LogP contribution in [0.2, 0.25) is 0 Å². The molecule has 0 radical (unpaired) electrons. The minimum absolute atomic E-state index is 0.128. The first kappa shape index (κ1) is 19.2. The molecular formula is C18H11BrF4O4. The Morgan fingerprint density at radius 1 is 1.22 bits per heavy atom. The second-order valence-corrected chi connectivity index (χ2v) is 6.58. The zero-order valence-electron chi connectivity index (χ0n) is 13.6. The van der Waals surface area contributed by atoms with Crippen molar-refractivity contribution in [3.8, 4) is 17.2 Å². The fourth-order valence-corrected chi connectivity index (χ4v) is 2.92. The predicted molar refractivity (Wildman–Crippen MR) is 91.4 cm³/mol. The Kier molecular flexibility index (Phi) is 4.90. The summed E-state index contributed by atoms with van der Waals surface area (Å²) in [5.74, 6) is -2.14. The van der Waals surface area contributed by atoms with Gasteiger partial charge in [0.25, 0.3) is 0 Å². The molecule has 0 fully saturated rings. The number of halogens is 5. The van der Waals surface area contributed by atoms with Gasteiger partial charge in [0, 0.05) is 17.2 Å². The van der Waals surface area contributed by atoms with E-state index in [1.807, 2.05) is 0 Å². The number of benzene rings is 2. The molecule has 1 atom stereocenters. The Morgan fingerprint density at radius 2 is 1.93 bits per heavy atom. The summed E-state index contributed by atoms with van der Waals surface area (Å²) in [5, 5.41) is 9.06. The van der Waals surface area contributed by atoms with Crippen LogP contribution in [0.25, 0.3) is 6.08 Å². The topological polar surface area (TPSA) is 55.8 Å². The van der Waals surface area contributed by atoms with Crippen LogP contribution in [-0.2, 0) is 4.79 Å². The van der Waals surface area contributed by atoms with E-state index in [1.54, 1.807) is 0 Å². The van der Waals surface area contributed by atoms with Gasteiger partial charge in [-0.2, -0.15) is 13.2 Å². The number of aliphatic carboxylic acids is 1. The van der Waals surface area contributed by atoms with Crippen molar-refractivity contribution in [1.82, 2.24) is 0 Å². The minimum Gasteiger partial charge on any atom is -0.478 e. The minimum atomic E-state index is -4.91. The Balaban J connectivity index is 2.05. The van der Waals surface area contributed by atoms with E-state index in [4.69, 9.17) is 14.6 Å². The molecule has 0 spiro atoms. The number of carboxylic acids is 1. The number of hydrogen-bond acceptors (Lipinski definition) is 3. The lowest BCUT2D eigenvalue weighted by Gasteiger charge is -2.28. The van der Waals surface area contributed by atoms with Gasteiger partial charge < -0.3 is 14.6 Å². The summed E-state index contributed by atoms with van der Waals surface area (Å²) >= 11 is 3.20. The van der Waals surface area contributed by atoms with Crippen molar-refractivity contribution in [3.63, 3.8) is 0 Å². The number of rotatable bonds is 3. The van der Waals surface area contributed by atoms with Gasteiger partial charge in [0.15, 0.2) is 0 Å². The van der Waals surface area contributed by atoms with Crippen LogP contribution < -0.4 is 9.47 Å². The molecule has 2 aromatic carbocycles. The lowest BCUT2D eigenvalue weighted by molar-refractivity contribution is -0.187. The van der Waals surface area contributed by atoms with Crippen LogP contribution >= 0.6 is 15.9 Å². The summed E-state index contributed by atoms with van der Waals surface area (Å²) in [5.41, 5.74) is -0.509. The molecule has 2 aromatic rings. The van der Waals surface area contributed by atoms with E-state index in [0.717, 1.165) is 12.1 Å². The van der Waals surface area contributed by atoms with E-state index in [2.05, 4.69) is 15.9 Å². The lowest BCUT2D eigenvalue weighted by Crippen LogP contribution is -2.40. The van der Waals surface area contributed by atoms with Crippen molar-refractivity contribution in [2.24, 2.45) is 0 Å². The van der Waals surface area contributed by atoms with Gasteiger partial charge in [-0.3, -0.25) is 0 Å². The molecule has 27 heavy (non-hydrogen) atoms. The summed E-state index contributed by atoms with van der Waals surface area (Å²) in [7, 11) is 0. The molecule has 9 heteroatoms. The maximum atomic E-state index is 13.4. The van der Waals surface area contributed by atoms with Crippen molar-refractivity contribution in [3.05, 3.63) is 57.3 Å².